The standard InChI is InChI=1S/C33H50O5/c1-20(34)38-24-13-14-30(6)22(29(24,4)5)12-15-32(8)23(30)11-10-21-25-26(35)28(2,3)16-18-33(25,27(36)37-9)19-17-31(21,32)7/h10,22-25H,11-19H2,1-9H3. The van der Waals surface area contributed by atoms with Gasteiger partial charge in [0.05, 0.1) is 18.4 Å². The third-order valence-corrected chi connectivity index (χ3v) is 13.4. The van der Waals surface area contributed by atoms with Crippen LogP contribution in [0.4, 0.5) is 0 Å². The van der Waals surface area contributed by atoms with E-state index >= 15 is 0 Å². The molecule has 0 aromatic carbocycles. The van der Waals surface area contributed by atoms with Crippen molar-refractivity contribution >= 4 is 17.7 Å². The van der Waals surface area contributed by atoms with Crippen LogP contribution in [0.2, 0.25) is 0 Å². The van der Waals surface area contributed by atoms with Crippen molar-refractivity contribution < 1.29 is 23.9 Å². The van der Waals surface area contributed by atoms with Crippen molar-refractivity contribution in [3.05, 3.63) is 11.6 Å². The topological polar surface area (TPSA) is 69.7 Å². The highest BCUT2D eigenvalue weighted by Gasteiger charge is 2.71. The molecular formula is C33H50O5. The van der Waals surface area contributed by atoms with Gasteiger partial charge < -0.3 is 9.47 Å². The number of allylic oxidation sites excluding steroid dienone is 2. The van der Waals surface area contributed by atoms with Crippen molar-refractivity contribution in [2.24, 2.45) is 50.2 Å². The van der Waals surface area contributed by atoms with E-state index in [0.717, 1.165) is 57.8 Å². The molecule has 5 nitrogen and oxygen atoms in total. The first-order valence-corrected chi connectivity index (χ1v) is 15.0. The Balaban J connectivity index is 1.59. The summed E-state index contributed by atoms with van der Waals surface area (Å²) in [4.78, 5) is 39.5. The molecule has 5 aliphatic rings. The zero-order valence-corrected chi connectivity index (χ0v) is 25.3. The van der Waals surface area contributed by atoms with Crippen LogP contribution in [0.5, 0.6) is 0 Å². The van der Waals surface area contributed by atoms with Gasteiger partial charge in [-0.1, -0.05) is 60.1 Å². The molecule has 5 rings (SSSR count). The van der Waals surface area contributed by atoms with Gasteiger partial charge in [0.2, 0.25) is 0 Å². The number of rotatable bonds is 2. The second-order valence-corrected chi connectivity index (χ2v) is 15.6. The minimum Gasteiger partial charge on any atom is -0.469 e. The summed E-state index contributed by atoms with van der Waals surface area (Å²) < 4.78 is 11.3. The summed E-state index contributed by atoms with van der Waals surface area (Å²) in [6.45, 7) is 17.7. The Morgan fingerprint density at radius 1 is 0.868 bits per heavy atom. The summed E-state index contributed by atoms with van der Waals surface area (Å²) in [5.41, 5.74) is 0.0397. The van der Waals surface area contributed by atoms with Gasteiger partial charge in [-0.3, -0.25) is 14.4 Å². The van der Waals surface area contributed by atoms with Crippen molar-refractivity contribution in [3.63, 3.8) is 0 Å². The molecule has 5 heteroatoms. The highest BCUT2D eigenvalue weighted by atomic mass is 16.5. The lowest BCUT2D eigenvalue weighted by Crippen LogP contribution is -2.66. The summed E-state index contributed by atoms with van der Waals surface area (Å²) in [7, 11) is 1.48. The van der Waals surface area contributed by atoms with Crippen LogP contribution in [0.3, 0.4) is 0 Å². The van der Waals surface area contributed by atoms with Crippen molar-refractivity contribution in [1.82, 2.24) is 0 Å². The summed E-state index contributed by atoms with van der Waals surface area (Å²) in [6, 6.07) is 0. The first-order chi connectivity index (χ1) is 17.5. The summed E-state index contributed by atoms with van der Waals surface area (Å²) in [6.07, 6.45) is 10.6. The molecule has 8 unspecified atom stereocenters. The number of hydrogen-bond acceptors (Lipinski definition) is 5. The van der Waals surface area contributed by atoms with Crippen molar-refractivity contribution in [1.29, 1.82) is 0 Å². The number of carbonyl (C=O) groups is 3. The van der Waals surface area contributed by atoms with Crippen LogP contribution in [-0.2, 0) is 23.9 Å². The van der Waals surface area contributed by atoms with E-state index in [0.29, 0.717) is 11.8 Å². The van der Waals surface area contributed by atoms with Crippen LogP contribution in [-0.4, -0.2) is 30.9 Å². The van der Waals surface area contributed by atoms with E-state index in [1.807, 2.05) is 0 Å². The number of carbonyl (C=O) groups excluding carboxylic acids is 3. The highest BCUT2D eigenvalue weighted by molar-refractivity contribution is 5.96. The van der Waals surface area contributed by atoms with Crippen LogP contribution in [0, 0.1) is 50.2 Å². The summed E-state index contributed by atoms with van der Waals surface area (Å²) in [5, 5.41) is 0. The molecule has 0 spiro atoms. The van der Waals surface area contributed by atoms with Gasteiger partial charge in [0.25, 0.3) is 0 Å². The molecule has 5 aliphatic carbocycles. The predicted octanol–water partition coefficient (Wildman–Crippen LogP) is 7.07. The van der Waals surface area contributed by atoms with E-state index in [1.54, 1.807) is 0 Å². The Morgan fingerprint density at radius 3 is 2.16 bits per heavy atom. The number of ketones is 1. The van der Waals surface area contributed by atoms with E-state index < -0.39 is 10.8 Å². The third kappa shape index (κ3) is 3.38. The molecule has 38 heavy (non-hydrogen) atoms. The molecular weight excluding hydrogens is 476 g/mol. The van der Waals surface area contributed by atoms with Crippen LogP contribution in [0.15, 0.2) is 11.6 Å². The minimum absolute atomic E-state index is 0.0369. The number of fused-ring (bicyclic) bond motifs is 7. The van der Waals surface area contributed by atoms with Gasteiger partial charge >= 0.3 is 11.9 Å². The molecule has 0 radical (unpaired) electrons. The summed E-state index contributed by atoms with van der Waals surface area (Å²) in [5.74, 6) is 0.438. The second-order valence-electron chi connectivity index (χ2n) is 15.6. The van der Waals surface area contributed by atoms with Crippen molar-refractivity contribution in [2.45, 2.75) is 119 Å². The average molecular weight is 527 g/mol. The van der Waals surface area contributed by atoms with E-state index in [2.05, 4.69) is 54.5 Å². The van der Waals surface area contributed by atoms with Crippen molar-refractivity contribution in [3.8, 4) is 0 Å². The first kappa shape index (κ1) is 27.9. The van der Waals surface area contributed by atoms with E-state index in [4.69, 9.17) is 9.47 Å². The Hall–Kier alpha value is -1.65. The molecule has 0 saturated heterocycles. The van der Waals surface area contributed by atoms with Crippen LogP contribution in [0.25, 0.3) is 0 Å². The fourth-order valence-electron chi connectivity index (χ4n) is 10.9. The van der Waals surface area contributed by atoms with Gasteiger partial charge in [0.1, 0.15) is 11.9 Å². The number of Topliss-reactive ketones (excluding diaryl/α,β-unsaturated/α-hetero) is 1. The zero-order chi connectivity index (χ0) is 28.1. The maximum atomic E-state index is 14.2. The molecule has 0 amide bonds. The first-order valence-electron chi connectivity index (χ1n) is 15.0. The molecule has 0 aliphatic heterocycles. The number of hydrogen-bond donors (Lipinski definition) is 0. The molecule has 0 bridgehead atoms. The van der Waals surface area contributed by atoms with Crippen LogP contribution in [0.1, 0.15) is 113 Å². The molecule has 4 saturated carbocycles. The quantitative estimate of drug-likeness (QED) is 0.284. The Bertz CT molecular complexity index is 1080. The fourth-order valence-corrected chi connectivity index (χ4v) is 10.9. The van der Waals surface area contributed by atoms with Gasteiger partial charge in [-0.2, -0.15) is 0 Å². The fraction of sp³-hybridized carbons (Fsp3) is 0.848. The van der Waals surface area contributed by atoms with Gasteiger partial charge in [-0.15, -0.1) is 0 Å². The maximum absolute atomic E-state index is 14.2. The smallest absolute Gasteiger partial charge is 0.312 e. The van der Waals surface area contributed by atoms with E-state index in [1.165, 1.54) is 19.6 Å². The second kappa shape index (κ2) is 8.43. The molecule has 0 N–H and O–H groups in total. The third-order valence-electron chi connectivity index (χ3n) is 13.4. The van der Waals surface area contributed by atoms with Crippen LogP contribution >= 0.6 is 0 Å². The lowest BCUT2D eigenvalue weighted by Gasteiger charge is -2.71. The van der Waals surface area contributed by atoms with E-state index in [9.17, 15) is 14.4 Å². The maximum Gasteiger partial charge on any atom is 0.312 e. The summed E-state index contributed by atoms with van der Waals surface area (Å²) >= 11 is 0. The monoisotopic (exact) mass is 526 g/mol. The molecule has 0 aromatic rings. The molecule has 0 heterocycles. The van der Waals surface area contributed by atoms with Gasteiger partial charge in [0.15, 0.2) is 0 Å². The largest absolute Gasteiger partial charge is 0.469 e. The number of esters is 2. The van der Waals surface area contributed by atoms with E-state index in [-0.39, 0.29) is 51.4 Å². The molecule has 0 aromatic heterocycles. The number of ether oxygens (including phenoxy) is 2. The van der Waals surface area contributed by atoms with Crippen LogP contribution < -0.4 is 0 Å². The molecule has 4 fully saturated rings. The normalized spacial score (nSPS) is 46.9. The highest BCUT2D eigenvalue weighted by Crippen LogP contribution is 2.75. The Kier molecular flexibility index (Phi) is 6.19. The van der Waals surface area contributed by atoms with Gasteiger partial charge in [0, 0.05) is 17.8 Å². The predicted molar refractivity (Wildman–Crippen MR) is 147 cm³/mol. The lowest BCUT2D eigenvalue weighted by atomic mass is 9.33. The molecule has 8 atom stereocenters. The van der Waals surface area contributed by atoms with Gasteiger partial charge in [-0.05, 0) is 85.9 Å². The SMILES string of the molecule is COC(=O)C12CCC(C)(C)C(=O)C1C1=CCC3C4(C)CCC(OC(C)=O)C(C)(C)C4CCC3(C)C1(C)CC2. The van der Waals surface area contributed by atoms with Gasteiger partial charge in [-0.25, -0.2) is 0 Å². The average Bonchev–Trinajstić information content (AvgIpc) is 2.83. The minimum atomic E-state index is -0.721. The Morgan fingerprint density at radius 2 is 1.53 bits per heavy atom. The lowest BCUT2D eigenvalue weighted by molar-refractivity contribution is -0.213. The zero-order valence-electron chi connectivity index (χ0n) is 25.3. The number of methoxy groups -OCH3 is 1. The Labute approximate surface area is 229 Å². The van der Waals surface area contributed by atoms with Crippen molar-refractivity contribution in [2.75, 3.05) is 7.11 Å². The molecule has 212 valence electrons.